The highest BCUT2D eigenvalue weighted by molar-refractivity contribution is 7.47. The molecule has 3 N–H and O–H groups in total. The monoisotopic (exact) mass is 1510 g/mol. The van der Waals surface area contributed by atoms with Crippen molar-refractivity contribution in [1.82, 2.24) is 0 Å². The highest BCUT2D eigenvalue weighted by Crippen LogP contribution is 2.45. The normalized spacial score (nSPS) is 13.9. The van der Waals surface area contributed by atoms with Gasteiger partial charge in [-0.05, 0) is 43.4 Å². The van der Waals surface area contributed by atoms with Gasteiger partial charge in [0.05, 0.1) is 26.4 Å². The lowest BCUT2D eigenvalue weighted by atomic mass is 10.0. The second-order valence-electron chi connectivity index (χ2n) is 31.6. The van der Waals surface area contributed by atoms with E-state index in [0.717, 1.165) is 108 Å². The predicted octanol–water partition coefficient (Wildman–Crippen LogP) is 25.3. The van der Waals surface area contributed by atoms with Crippen LogP contribution in [0.1, 0.15) is 440 Å². The van der Waals surface area contributed by atoms with Gasteiger partial charge in [0.2, 0.25) is 0 Å². The van der Waals surface area contributed by atoms with E-state index in [2.05, 4.69) is 48.5 Å². The van der Waals surface area contributed by atoms with Gasteiger partial charge in [-0.15, -0.1) is 0 Å². The average molecular weight is 1510 g/mol. The zero-order valence-corrected chi connectivity index (χ0v) is 69.6. The number of aliphatic hydroxyl groups excluding tert-OH is 1. The number of carbonyl (C=O) groups is 4. The van der Waals surface area contributed by atoms with Crippen molar-refractivity contribution >= 4 is 39.5 Å². The van der Waals surface area contributed by atoms with E-state index in [9.17, 15) is 43.2 Å². The molecule has 0 aromatic rings. The molecule has 17 nitrogen and oxygen atoms in total. The second-order valence-corrected chi connectivity index (χ2v) is 34.6. The van der Waals surface area contributed by atoms with Crippen LogP contribution in [0.25, 0.3) is 0 Å². The quantitative estimate of drug-likeness (QED) is 0.0222. The molecule has 0 bridgehead atoms. The van der Waals surface area contributed by atoms with E-state index in [4.69, 9.17) is 37.0 Å². The van der Waals surface area contributed by atoms with Crippen molar-refractivity contribution in [1.29, 1.82) is 0 Å². The molecule has 5 atom stereocenters. The Bertz CT molecular complexity index is 1990. The van der Waals surface area contributed by atoms with Gasteiger partial charge in [-0.1, -0.05) is 389 Å². The topological polar surface area (TPSA) is 237 Å². The largest absolute Gasteiger partial charge is 0.472 e. The third kappa shape index (κ3) is 78.0. The summed E-state index contributed by atoms with van der Waals surface area (Å²) in [5.74, 6) is 0.209. The van der Waals surface area contributed by atoms with Crippen molar-refractivity contribution in [3.8, 4) is 0 Å². The Balaban J connectivity index is 5.26. The molecule has 0 fully saturated rings. The number of unbranched alkanes of at least 4 members (excludes halogenated alkanes) is 50. The number of carbonyl (C=O) groups excluding carboxylic acids is 4. The molecule has 19 heteroatoms. The summed E-state index contributed by atoms with van der Waals surface area (Å²) in [5.41, 5.74) is 0. The van der Waals surface area contributed by atoms with Gasteiger partial charge in [-0.3, -0.25) is 37.3 Å². The van der Waals surface area contributed by atoms with Crippen molar-refractivity contribution in [2.24, 2.45) is 17.8 Å². The van der Waals surface area contributed by atoms with Crippen LogP contribution in [0.4, 0.5) is 0 Å². The minimum Gasteiger partial charge on any atom is -0.462 e. The number of esters is 4. The van der Waals surface area contributed by atoms with Gasteiger partial charge in [0.25, 0.3) is 0 Å². The molecule has 2 unspecified atom stereocenters. The van der Waals surface area contributed by atoms with E-state index in [1.807, 2.05) is 0 Å². The summed E-state index contributed by atoms with van der Waals surface area (Å²) in [7, 11) is -9.93. The highest BCUT2D eigenvalue weighted by Gasteiger charge is 2.30. The Labute approximate surface area is 632 Å². The standard InChI is InChI=1S/C84H164O17P2/c1-8-9-10-11-12-13-14-15-16-17-18-19-22-26-31-38-46-53-60-67-83(88)100-79(71-94-81(86)65-58-51-44-37-30-25-23-20-21-24-28-34-41-48-55-62-75(2)3)73-98-102(90,91)96-69-78(85)70-97-103(92,93)99-74-80(72-95-82(87)66-59-52-45-40-33-36-43-50-57-64-77(6)7)101-84(89)68-61-54-47-39-32-27-29-35-42-49-56-63-76(4)5/h75-80,85H,8-74H2,1-7H3,(H,90,91)(H,92,93)/t78-,79-,80-/m1/s1. The van der Waals surface area contributed by atoms with E-state index in [1.54, 1.807) is 0 Å². The lowest BCUT2D eigenvalue weighted by Gasteiger charge is -2.21. The van der Waals surface area contributed by atoms with Gasteiger partial charge in [-0.2, -0.15) is 0 Å². The number of phosphoric acid groups is 2. The second kappa shape index (κ2) is 74.2. The van der Waals surface area contributed by atoms with Gasteiger partial charge in [-0.25, -0.2) is 9.13 Å². The smallest absolute Gasteiger partial charge is 0.462 e. The first-order valence-corrected chi connectivity index (χ1v) is 46.3. The van der Waals surface area contributed by atoms with Crippen LogP contribution < -0.4 is 0 Å². The molecule has 0 saturated heterocycles. The minimum absolute atomic E-state index is 0.106. The Morgan fingerprint density at radius 1 is 0.262 bits per heavy atom. The molecule has 0 aromatic carbocycles. The predicted molar refractivity (Wildman–Crippen MR) is 423 cm³/mol. The first-order chi connectivity index (χ1) is 49.7. The van der Waals surface area contributed by atoms with Crippen LogP contribution in [0.15, 0.2) is 0 Å². The molecule has 0 aliphatic carbocycles. The van der Waals surface area contributed by atoms with Gasteiger partial charge in [0.1, 0.15) is 19.3 Å². The Morgan fingerprint density at radius 3 is 0.660 bits per heavy atom. The molecule has 0 aliphatic rings. The maximum absolute atomic E-state index is 13.1. The first kappa shape index (κ1) is 101. The van der Waals surface area contributed by atoms with Crippen molar-refractivity contribution in [2.75, 3.05) is 39.6 Å². The molecule has 0 saturated carbocycles. The molecule has 0 amide bonds. The van der Waals surface area contributed by atoms with Crippen molar-refractivity contribution in [3.63, 3.8) is 0 Å². The van der Waals surface area contributed by atoms with Crippen LogP contribution in [0.5, 0.6) is 0 Å². The minimum atomic E-state index is -4.97. The fourth-order valence-corrected chi connectivity index (χ4v) is 14.6. The average Bonchev–Trinajstić information content (AvgIpc) is 0.910. The number of aliphatic hydroxyl groups is 1. The fraction of sp³-hybridized carbons (Fsp3) is 0.952. The van der Waals surface area contributed by atoms with Crippen LogP contribution in [0.2, 0.25) is 0 Å². The van der Waals surface area contributed by atoms with Crippen LogP contribution in [0, 0.1) is 17.8 Å². The summed E-state index contributed by atoms with van der Waals surface area (Å²) >= 11 is 0. The van der Waals surface area contributed by atoms with Crippen molar-refractivity contribution in [2.45, 2.75) is 458 Å². The molecule has 0 aliphatic heterocycles. The van der Waals surface area contributed by atoms with Gasteiger partial charge < -0.3 is 33.8 Å². The van der Waals surface area contributed by atoms with Crippen LogP contribution in [-0.2, 0) is 65.4 Å². The SMILES string of the molecule is CCCCCCCCCCCCCCCCCCCCCC(=O)O[C@H](COC(=O)CCCCCCCCCCCCCCCCCC(C)C)COP(=O)(O)OC[C@@H](O)COP(=O)(O)OC[C@@H](COC(=O)CCCCCCCCCCCC(C)C)OC(=O)CCCCCCCCCCCCCC(C)C. The highest BCUT2D eigenvalue weighted by atomic mass is 31.2. The van der Waals surface area contributed by atoms with Gasteiger partial charge in [0, 0.05) is 25.7 Å². The van der Waals surface area contributed by atoms with E-state index < -0.39 is 97.5 Å². The lowest BCUT2D eigenvalue weighted by Crippen LogP contribution is -2.30. The summed E-state index contributed by atoms with van der Waals surface area (Å²) < 4.78 is 68.8. The van der Waals surface area contributed by atoms with Gasteiger partial charge in [0.15, 0.2) is 12.2 Å². The van der Waals surface area contributed by atoms with E-state index in [1.165, 1.54) is 250 Å². The lowest BCUT2D eigenvalue weighted by molar-refractivity contribution is -0.161. The first-order valence-electron chi connectivity index (χ1n) is 43.3. The summed E-state index contributed by atoms with van der Waals surface area (Å²) in [4.78, 5) is 73.2. The molecule has 0 spiro atoms. The maximum Gasteiger partial charge on any atom is 0.472 e. The van der Waals surface area contributed by atoms with Crippen LogP contribution in [0.3, 0.4) is 0 Å². The van der Waals surface area contributed by atoms with Crippen molar-refractivity contribution < 1.29 is 80.2 Å². The molecular weight excluding hydrogens is 1340 g/mol. The number of ether oxygens (including phenoxy) is 4. The summed E-state index contributed by atoms with van der Waals surface area (Å²) in [5, 5.41) is 10.7. The summed E-state index contributed by atoms with van der Waals surface area (Å²) in [6, 6.07) is 0. The Hall–Kier alpha value is -1.94. The Kier molecular flexibility index (Phi) is 72.8. The third-order valence-electron chi connectivity index (χ3n) is 19.6. The van der Waals surface area contributed by atoms with Crippen molar-refractivity contribution in [3.05, 3.63) is 0 Å². The van der Waals surface area contributed by atoms with E-state index in [-0.39, 0.29) is 25.7 Å². The molecule has 0 rings (SSSR count). The number of rotatable bonds is 82. The summed E-state index contributed by atoms with van der Waals surface area (Å²) in [6.45, 7) is 12.0. The molecule has 0 heterocycles. The zero-order chi connectivity index (χ0) is 75.8. The maximum atomic E-state index is 13.1. The van der Waals surface area contributed by atoms with Crippen LogP contribution in [-0.4, -0.2) is 96.7 Å². The molecule has 612 valence electrons. The molecule has 0 aromatic heterocycles. The molecular formula is C84H164O17P2. The fourth-order valence-electron chi connectivity index (χ4n) is 13.0. The number of phosphoric ester groups is 2. The van der Waals surface area contributed by atoms with Gasteiger partial charge >= 0.3 is 39.5 Å². The Morgan fingerprint density at radius 2 is 0.447 bits per heavy atom. The molecule has 103 heavy (non-hydrogen) atoms. The number of hydrogen-bond acceptors (Lipinski definition) is 15. The number of hydrogen-bond donors (Lipinski definition) is 3. The summed E-state index contributed by atoms with van der Waals surface area (Å²) in [6.07, 6.45) is 63.8. The van der Waals surface area contributed by atoms with Crippen LogP contribution >= 0.6 is 15.6 Å². The van der Waals surface area contributed by atoms with E-state index in [0.29, 0.717) is 25.7 Å². The zero-order valence-electron chi connectivity index (χ0n) is 67.8. The third-order valence-corrected chi connectivity index (χ3v) is 21.5. The van der Waals surface area contributed by atoms with E-state index >= 15 is 0 Å². The molecule has 0 radical (unpaired) electrons.